The van der Waals surface area contributed by atoms with Crippen LogP contribution in [0.25, 0.3) is 0 Å². The minimum absolute atomic E-state index is 0.194. The smallest absolute Gasteiger partial charge is 0.327 e. The lowest BCUT2D eigenvalue weighted by atomic mass is 10.1. The van der Waals surface area contributed by atoms with Gasteiger partial charge in [0.25, 0.3) is 0 Å². The Morgan fingerprint density at radius 1 is 1.05 bits per heavy atom. The predicted octanol–water partition coefficient (Wildman–Crippen LogP) is -1.51. The summed E-state index contributed by atoms with van der Waals surface area (Å²) >= 11 is 1.26. The molecule has 0 rings (SSSR count). The van der Waals surface area contributed by atoms with E-state index in [1.54, 1.807) is 6.26 Å². The highest BCUT2D eigenvalue weighted by molar-refractivity contribution is 7.98. The standard InChI is InChI=1S/C12H21N3O6S/c1-6(10(18)15-8(5-22-3)12(20)21)14-11(19)7(13-2)4-9(16)17/h6-8,13H,4-5H2,1-3H3,(H,14,19)(H,15,18)(H,16,17)(H,20,21)/t6?,7-,8+/m1/s1. The lowest BCUT2D eigenvalue weighted by Crippen LogP contribution is -2.54. The van der Waals surface area contributed by atoms with Gasteiger partial charge in [0, 0.05) is 5.75 Å². The van der Waals surface area contributed by atoms with Crippen LogP contribution in [0.1, 0.15) is 13.3 Å². The van der Waals surface area contributed by atoms with Crippen molar-refractivity contribution in [2.45, 2.75) is 31.5 Å². The van der Waals surface area contributed by atoms with Crippen LogP contribution in [0.3, 0.4) is 0 Å². The van der Waals surface area contributed by atoms with Crippen LogP contribution in [0.15, 0.2) is 0 Å². The highest BCUT2D eigenvalue weighted by atomic mass is 32.2. The number of carboxylic acids is 2. The van der Waals surface area contributed by atoms with E-state index in [1.807, 2.05) is 0 Å². The number of carbonyl (C=O) groups is 4. The molecule has 9 nitrogen and oxygen atoms in total. The fourth-order valence-electron chi connectivity index (χ4n) is 1.52. The third-order valence-corrected chi connectivity index (χ3v) is 3.41. The molecule has 0 bridgehead atoms. The van der Waals surface area contributed by atoms with E-state index in [9.17, 15) is 19.2 Å². The first-order chi connectivity index (χ1) is 10.2. The molecule has 3 atom stereocenters. The first kappa shape index (κ1) is 20.2. The Labute approximate surface area is 132 Å². The Morgan fingerprint density at radius 2 is 1.64 bits per heavy atom. The van der Waals surface area contributed by atoms with Crippen LogP contribution >= 0.6 is 11.8 Å². The van der Waals surface area contributed by atoms with Crippen molar-refractivity contribution in [3.8, 4) is 0 Å². The average Bonchev–Trinajstić information content (AvgIpc) is 2.43. The summed E-state index contributed by atoms with van der Waals surface area (Å²) in [6, 6.07) is -3.02. The third-order valence-electron chi connectivity index (χ3n) is 2.74. The molecule has 0 heterocycles. The lowest BCUT2D eigenvalue weighted by Gasteiger charge is -2.20. The Morgan fingerprint density at radius 3 is 2.05 bits per heavy atom. The number of carbonyl (C=O) groups excluding carboxylic acids is 2. The second kappa shape index (κ2) is 10.0. The van der Waals surface area contributed by atoms with Crippen molar-refractivity contribution in [3.05, 3.63) is 0 Å². The molecule has 10 heteroatoms. The first-order valence-corrected chi connectivity index (χ1v) is 7.83. The van der Waals surface area contributed by atoms with Crippen molar-refractivity contribution < 1.29 is 29.4 Å². The summed E-state index contributed by atoms with van der Waals surface area (Å²) in [5.74, 6) is -3.43. The van der Waals surface area contributed by atoms with Gasteiger partial charge in [0.2, 0.25) is 11.8 Å². The second-order valence-electron chi connectivity index (χ2n) is 4.52. The maximum Gasteiger partial charge on any atom is 0.327 e. The molecule has 0 saturated carbocycles. The topological polar surface area (TPSA) is 145 Å². The largest absolute Gasteiger partial charge is 0.481 e. The van der Waals surface area contributed by atoms with Crippen LogP contribution < -0.4 is 16.0 Å². The van der Waals surface area contributed by atoms with Crippen LogP contribution in [0.2, 0.25) is 0 Å². The number of amides is 2. The summed E-state index contributed by atoms with van der Waals surface area (Å²) in [4.78, 5) is 45.3. The van der Waals surface area contributed by atoms with Gasteiger partial charge in [-0.25, -0.2) is 4.79 Å². The Balaban J connectivity index is 4.59. The zero-order valence-electron chi connectivity index (χ0n) is 12.6. The minimum Gasteiger partial charge on any atom is -0.481 e. The average molecular weight is 335 g/mol. The number of aliphatic carboxylic acids is 2. The van der Waals surface area contributed by atoms with Crippen LogP contribution in [0.5, 0.6) is 0 Å². The molecule has 0 aliphatic heterocycles. The maximum absolute atomic E-state index is 11.9. The van der Waals surface area contributed by atoms with E-state index in [2.05, 4.69) is 16.0 Å². The molecule has 0 fully saturated rings. The fourth-order valence-corrected chi connectivity index (χ4v) is 2.08. The van der Waals surface area contributed by atoms with Crippen molar-refractivity contribution >= 4 is 35.5 Å². The summed E-state index contributed by atoms with van der Waals surface area (Å²) in [5, 5.41) is 24.8. The summed E-state index contributed by atoms with van der Waals surface area (Å²) in [6.07, 6.45) is 1.28. The van der Waals surface area contributed by atoms with Gasteiger partial charge in [-0.3, -0.25) is 14.4 Å². The lowest BCUT2D eigenvalue weighted by molar-refractivity contribution is -0.142. The molecule has 126 valence electrons. The molecule has 0 aromatic carbocycles. The molecular formula is C12H21N3O6S. The van der Waals surface area contributed by atoms with Gasteiger partial charge in [0.1, 0.15) is 12.1 Å². The highest BCUT2D eigenvalue weighted by Gasteiger charge is 2.26. The zero-order valence-corrected chi connectivity index (χ0v) is 13.4. The second-order valence-corrected chi connectivity index (χ2v) is 5.43. The monoisotopic (exact) mass is 335 g/mol. The first-order valence-electron chi connectivity index (χ1n) is 6.44. The molecule has 0 aromatic heterocycles. The number of hydrogen-bond donors (Lipinski definition) is 5. The number of hydrogen-bond acceptors (Lipinski definition) is 6. The molecule has 0 aliphatic rings. The fraction of sp³-hybridized carbons (Fsp3) is 0.667. The molecule has 2 amide bonds. The minimum atomic E-state index is -1.17. The summed E-state index contributed by atoms with van der Waals surface area (Å²) in [6.45, 7) is 1.39. The number of carboxylic acid groups (broad SMARTS) is 2. The molecule has 22 heavy (non-hydrogen) atoms. The molecule has 0 aromatic rings. The molecule has 1 unspecified atom stereocenters. The van der Waals surface area contributed by atoms with Gasteiger partial charge < -0.3 is 26.2 Å². The molecule has 0 radical (unpaired) electrons. The van der Waals surface area contributed by atoms with Gasteiger partial charge in [-0.15, -0.1) is 0 Å². The van der Waals surface area contributed by atoms with Crippen LogP contribution in [0.4, 0.5) is 0 Å². The number of nitrogens with one attached hydrogen (secondary N) is 3. The van der Waals surface area contributed by atoms with E-state index in [1.165, 1.54) is 25.7 Å². The molecule has 0 aliphatic carbocycles. The van der Waals surface area contributed by atoms with Crippen LogP contribution in [-0.2, 0) is 19.2 Å². The van der Waals surface area contributed by atoms with Crippen molar-refractivity contribution in [1.29, 1.82) is 0 Å². The Bertz CT molecular complexity index is 431. The third kappa shape index (κ3) is 7.27. The van der Waals surface area contributed by atoms with Crippen molar-refractivity contribution in [2.75, 3.05) is 19.1 Å². The van der Waals surface area contributed by atoms with Gasteiger partial charge in [-0.05, 0) is 20.2 Å². The van der Waals surface area contributed by atoms with Gasteiger partial charge in [0.05, 0.1) is 12.5 Å². The van der Waals surface area contributed by atoms with Gasteiger partial charge in [-0.1, -0.05) is 0 Å². The van der Waals surface area contributed by atoms with Crippen molar-refractivity contribution in [3.63, 3.8) is 0 Å². The number of likely N-dealkylation sites (N-methyl/N-ethyl adjacent to an activating group) is 1. The van der Waals surface area contributed by atoms with E-state index in [0.717, 1.165) is 0 Å². The summed E-state index contributed by atoms with van der Waals surface area (Å²) in [7, 11) is 1.43. The Hall–Kier alpha value is -1.81. The van der Waals surface area contributed by atoms with E-state index in [-0.39, 0.29) is 5.75 Å². The van der Waals surface area contributed by atoms with Gasteiger partial charge >= 0.3 is 11.9 Å². The van der Waals surface area contributed by atoms with Crippen LogP contribution in [0, 0.1) is 0 Å². The van der Waals surface area contributed by atoms with E-state index in [0.29, 0.717) is 0 Å². The van der Waals surface area contributed by atoms with Crippen molar-refractivity contribution in [1.82, 2.24) is 16.0 Å². The van der Waals surface area contributed by atoms with E-state index in [4.69, 9.17) is 10.2 Å². The van der Waals surface area contributed by atoms with E-state index >= 15 is 0 Å². The normalized spacial score (nSPS) is 14.5. The quantitative estimate of drug-likeness (QED) is 0.324. The number of rotatable bonds is 10. The Kier molecular flexibility index (Phi) is 9.18. The van der Waals surface area contributed by atoms with E-state index < -0.39 is 48.3 Å². The maximum atomic E-state index is 11.9. The predicted molar refractivity (Wildman–Crippen MR) is 80.7 cm³/mol. The highest BCUT2D eigenvalue weighted by Crippen LogP contribution is 1.99. The van der Waals surface area contributed by atoms with Gasteiger partial charge in [0.15, 0.2) is 0 Å². The molecule has 0 saturated heterocycles. The van der Waals surface area contributed by atoms with Gasteiger partial charge in [-0.2, -0.15) is 11.8 Å². The molecular weight excluding hydrogens is 314 g/mol. The summed E-state index contributed by atoms with van der Waals surface area (Å²) in [5.41, 5.74) is 0. The van der Waals surface area contributed by atoms with Crippen molar-refractivity contribution in [2.24, 2.45) is 0 Å². The summed E-state index contributed by atoms with van der Waals surface area (Å²) < 4.78 is 0. The molecule has 0 spiro atoms. The molecule has 5 N–H and O–H groups in total. The van der Waals surface area contributed by atoms with Crippen LogP contribution in [-0.4, -0.2) is 71.1 Å². The SMILES string of the molecule is CN[C@H](CC(=O)O)C(=O)NC(C)C(=O)N[C@@H](CSC)C(=O)O. The zero-order chi connectivity index (χ0) is 17.3. The number of thioether (sulfide) groups is 1.